The Morgan fingerprint density at radius 1 is 1.03 bits per heavy atom. The van der Waals surface area contributed by atoms with Crippen LogP contribution >= 0.6 is 0 Å². The van der Waals surface area contributed by atoms with Gasteiger partial charge in [0.25, 0.3) is 15.7 Å². The van der Waals surface area contributed by atoms with Gasteiger partial charge in [-0.2, -0.15) is 13.2 Å². The Morgan fingerprint density at radius 2 is 1.70 bits per heavy atom. The fourth-order valence-corrected chi connectivity index (χ4v) is 3.92. The molecule has 0 aromatic carbocycles. The average molecular weight is 442 g/mol. The third-order valence-electron chi connectivity index (χ3n) is 4.63. The van der Waals surface area contributed by atoms with E-state index >= 15 is 0 Å². The van der Waals surface area contributed by atoms with Crippen LogP contribution in [0.5, 0.6) is 0 Å². The zero-order valence-electron chi connectivity index (χ0n) is 15.5. The maximum Gasteiger partial charge on any atom is 0.503 e. The van der Waals surface area contributed by atoms with E-state index in [1.165, 1.54) is 17.2 Å². The lowest BCUT2D eigenvalue weighted by atomic mass is 9.95. The van der Waals surface area contributed by atoms with Gasteiger partial charge in [0.15, 0.2) is 5.03 Å². The maximum atomic E-state index is 12.9. The zero-order chi connectivity index (χ0) is 21.9. The highest BCUT2D eigenvalue weighted by molar-refractivity contribution is 7.92. The van der Waals surface area contributed by atoms with Crippen molar-refractivity contribution in [2.45, 2.75) is 23.4 Å². The van der Waals surface area contributed by atoms with Crippen LogP contribution in [0.2, 0.25) is 0 Å². The minimum Gasteiger partial charge on any atom is -0.339 e. The summed E-state index contributed by atoms with van der Waals surface area (Å²) in [7, 11) is -5.78. The number of alkyl halides is 3. The van der Waals surface area contributed by atoms with Crippen LogP contribution in [0.3, 0.4) is 0 Å². The van der Waals surface area contributed by atoms with Gasteiger partial charge in [-0.1, -0.05) is 6.07 Å². The molecule has 160 valence electrons. The molecule has 0 bridgehead atoms. The minimum atomic E-state index is -5.78. The first-order chi connectivity index (χ1) is 14.1. The van der Waals surface area contributed by atoms with Crippen molar-refractivity contribution in [3.63, 3.8) is 0 Å². The molecule has 1 aliphatic rings. The van der Waals surface area contributed by atoms with Crippen LogP contribution in [0.25, 0.3) is 0 Å². The number of rotatable bonds is 4. The summed E-state index contributed by atoms with van der Waals surface area (Å²) in [5.74, 6) is -1.18. The molecule has 0 saturated carbocycles. The third kappa shape index (κ3) is 4.42. The van der Waals surface area contributed by atoms with Crippen LogP contribution in [0.1, 0.15) is 23.2 Å². The summed E-state index contributed by atoms with van der Waals surface area (Å²) in [6, 6.07) is 7.22. The number of anilines is 1. The molecule has 0 unspecified atom stereocenters. The molecule has 30 heavy (non-hydrogen) atoms. The number of nitrogens with zero attached hydrogens (tertiary/aromatic N) is 3. The Labute approximate surface area is 170 Å². The van der Waals surface area contributed by atoms with Crippen LogP contribution in [0.15, 0.2) is 47.8 Å². The minimum absolute atomic E-state index is 0.0829. The second-order valence-electron chi connectivity index (χ2n) is 6.58. The first-order valence-corrected chi connectivity index (χ1v) is 10.4. The smallest absolute Gasteiger partial charge is 0.339 e. The second kappa shape index (κ2) is 8.38. The van der Waals surface area contributed by atoms with Crippen molar-refractivity contribution in [1.29, 1.82) is 0 Å². The van der Waals surface area contributed by atoms with Crippen molar-refractivity contribution in [2.24, 2.45) is 5.92 Å². The van der Waals surface area contributed by atoms with Crippen molar-refractivity contribution >= 4 is 27.5 Å². The van der Waals surface area contributed by atoms with Gasteiger partial charge in [-0.25, -0.2) is 18.4 Å². The van der Waals surface area contributed by atoms with Crippen molar-refractivity contribution in [3.8, 4) is 0 Å². The molecule has 0 atom stereocenters. The summed E-state index contributed by atoms with van der Waals surface area (Å²) in [6.07, 6.45) is 2.94. The molecule has 3 heterocycles. The molecule has 1 saturated heterocycles. The van der Waals surface area contributed by atoms with Crippen molar-refractivity contribution in [1.82, 2.24) is 14.9 Å². The number of carbonyl (C=O) groups is 2. The maximum absolute atomic E-state index is 12.9. The first-order valence-electron chi connectivity index (χ1n) is 8.89. The standard InChI is InChI=1S/C18H17F3N4O4S/c19-18(20,21)30(28,29)16-13(4-3-9-23-16)17(27)25-10-6-12(7-11-25)15(26)24-14-5-1-2-8-22-14/h1-5,8-9,12H,6-7,10-11H2,(H,22,24,26). The van der Waals surface area contributed by atoms with Crippen molar-refractivity contribution in [3.05, 3.63) is 48.3 Å². The Balaban J connectivity index is 1.70. The van der Waals surface area contributed by atoms with Crippen molar-refractivity contribution < 1.29 is 31.2 Å². The van der Waals surface area contributed by atoms with E-state index in [-0.39, 0.29) is 31.8 Å². The number of aromatic nitrogens is 2. The number of sulfone groups is 1. The highest BCUT2D eigenvalue weighted by Gasteiger charge is 2.49. The SMILES string of the molecule is O=C(Nc1ccccn1)C1CCN(C(=O)c2cccnc2S(=O)(=O)C(F)(F)F)CC1. The Kier molecular flexibility index (Phi) is 6.06. The van der Waals surface area contributed by atoms with Gasteiger partial charge >= 0.3 is 5.51 Å². The van der Waals surface area contributed by atoms with Crippen LogP contribution in [-0.4, -0.2) is 53.7 Å². The summed E-state index contributed by atoms with van der Waals surface area (Å²) < 4.78 is 62.3. The number of piperidine rings is 1. The van der Waals surface area contributed by atoms with E-state index in [9.17, 15) is 31.2 Å². The predicted molar refractivity (Wildman–Crippen MR) is 99.0 cm³/mol. The first kappa shape index (κ1) is 21.7. The molecule has 0 aliphatic carbocycles. The lowest BCUT2D eigenvalue weighted by Crippen LogP contribution is -2.42. The Morgan fingerprint density at radius 3 is 2.30 bits per heavy atom. The molecule has 8 nitrogen and oxygen atoms in total. The van der Waals surface area contributed by atoms with Gasteiger partial charge in [0.1, 0.15) is 5.82 Å². The average Bonchev–Trinajstić information content (AvgIpc) is 2.73. The van der Waals surface area contributed by atoms with E-state index in [4.69, 9.17) is 0 Å². The number of halogens is 3. The fourth-order valence-electron chi connectivity index (χ4n) is 3.06. The summed E-state index contributed by atoms with van der Waals surface area (Å²) in [4.78, 5) is 33.6. The summed E-state index contributed by atoms with van der Waals surface area (Å²) in [6.45, 7) is 0.166. The number of hydrogen-bond donors (Lipinski definition) is 1. The Hall–Kier alpha value is -3.02. The van der Waals surface area contributed by atoms with Gasteiger partial charge in [0.2, 0.25) is 5.91 Å². The molecule has 1 N–H and O–H groups in total. The van der Waals surface area contributed by atoms with E-state index in [0.29, 0.717) is 5.82 Å². The van der Waals surface area contributed by atoms with Gasteiger partial charge in [0, 0.05) is 31.4 Å². The van der Waals surface area contributed by atoms with Gasteiger partial charge in [-0.3, -0.25) is 9.59 Å². The highest BCUT2D eigenvalue weighted by atomic mass is 32.2. The van der Waals surface area contributed by atoms with E-state index in [1.54, 1.807) is 18.2 Å². The van der Waals surface area contributed by atoms with Crippen LogP contribution < -0.4 is 5.32 Å². The number of pyridine rings is 2. The number of nitrogens with one attached hydrogen (secondary N) is 1. The molecular weight excluding hydrogens is 425 g/mol. The summed E-state index contributed by atoms with van der Waals surface area (Å²) in [5.41, 5.74) is -6.22. The zero-order valence-corrected chi connectivity index (χ0v) is 16.3. The predicted octanol–water partition coefficient (Wildman–Crippen LogP) is 2.26. The number of hydrogen-bond acceptors (Lipinski definition) is 6. The van der Waals surface area contributed by atoms with E-state index in [0.717, 1.165) is 12.3 Å². The molecule has 2 aromatic rings. The third-order valence-corrected chi connectivity index (χ3v) is 6.07. The topological polar surface area (TPSA) is 109 Å². The fraction of sp³-hybridized carbons (Fsp3) is 0.333. The second-order valence-corrected chi connectivity index (χ2v) is 8.43. The van der Waals surface area contributed by atoms with Gasteiger partial charge in [-0.15, -0.1) is 0 Å². The Bertz CT molecular complexity index is 1040. The van der Waals surface area contributed by atoms with Gasteiger partial charge < -0.3 is 10.2 Å². The van der Waals surface area contributed by atoms with E-state index in [2.05, 4.69) is 15.3 Å². The lowest BCUT2D eigenvalue weighted by molar-refractivity contribution is -0.121. The normalized spacial score (nSPS) is 15.6. The largest absolute Gasteiger partial charge is 0.503 e. The summed E-state index contributed by atoms with van der Waals surface area (Å²) >= 11 is 0. The van der Waals surface area contributed by atoms with Crippen molar-refractivity contribution in [2.75, 3.05) is 18.4 Å². The van der Waals surface area contributed by atoms with Crippen LogP contribution in [0.4, 0.5) is 19.0 Å². The van der Waals surface area contributed by atoms with Gasteiger partial charge in [-0.05, 0) is 37.1 Å². The van der Waals surface area contributed by atoms with E-state index < -0.39 is 37.8 Å². The lowest BCUT2D eigenvalue weighted by Gasteiger charge is -2.31. The van der Waals surface area contributed by atoms with E-state index in [1.807, 2.05) is 0 Å². The molecule has 0 radical (unpaired) electrons. The molecule has 1 aliphatic heterocycles. The molecule has 3 rings (SSSR count). The number of amides is 2. The summed E-state index contributed by atoms with van der Waals surface area (Å²) in [5, 5.41) is 1.34. The monoisotopic (exact) mass is 442 g/mol. The quantitative estimate of drug-likeness (QED) is 0.778. The van der Waals surface area contributed by atoms with Crippen LogP contribution in [-0.2, 0) is 14.6 Å². The molecule has 2 aromatic heterocycles. The highest BCUT2D eigenvalue weighted by Crippen LogP contribution is 2.31. The molecular formula is C18H17F3N4O4S. The molecule has 12 heteroatoms. The van der Waals surface area contributed by atoms with Gasteiger partial charge in [0.05, 0.1) is 5.56 Å². The number of carbonyl (C=O) groups excluding carboxylic acids is 2. The number of likely N-dealkylation sites (tertiary alicyclic amines) is 1. The molecule has 0 spiro atoms. The molecule has 1 fully saturated rings. The molecule has 2 amide bonds. The van der Waals surface area contributed by atoms with Crippen LogP contribution in [0, 0.1) is 5.92 Å².